The molecule has 1 N–H and O–H groups in total. The number of nitrogens with one attached hydrogen (secondary N) is 1. The molecule has 2 nitrogen and oxygen atoms in total. The molecule has 0 spiro atoms. The van der Waals surface area contributed by atoms with Crippen LogP contribution in [0.1, 0.15) is 45.1 Å². The first-order chi connectivity index (χ1) is 9.65. The number of hydrogen-bond acceptors (Lipinski definition) is 2. The van der Waals surface area contributed by atoms with Crippen LogP contribution in [-0.2, 0) is 6.42 Å². The molecular formula is C17H28BrNO. The summed E-state index contributed by atoms with van der Waals surface area (Å²) in [5.74, 6) is 1.67. The summed E-state index contributed by atoms with van der Waals surface area (Å²) in [7, 11) is 3.80. The van der Waals surface area contributed by atoms with Gasteiger partial charge in [-0.05, 0) is 56.0 Å². The molecule has 0 aliphatic rings. The molecule has 3 heteroatoms. The number of methoxy groups -OCH3 is 1. The first kappa shape index (κ1) is 17.5. The van der Waals surface area contributed by atoms with E-state index < -0.39 is 0 Å². The highest BCUT2D eigenvalue weighted by molar-refractivity contribution is 9.10. The first-order valence-corrected chi connectivity index (χ1v) is 8.45. The largest absolute Gasteiger partial charge is 0.497 e. The lowest BCUT2D eigenvalue weighted by molar-refractivity contribution is 0.322. The average molecular weight is 342 g/mol. The summed E-state index contributed by atoms with van der Waals surface area (Å²) < 4.78 is 6.51. The fourth-order valence-electron chi connectivity index (χ4n) is 2.86. The molecule has 114 valence electrons. The minimum Gasteiger partial charge on any atom is -0.497 e. The fraction of sp³-hybridized carbons (Fsp3) is 0.647. The normalized spacial score (nSPS) is 12.7. The Morgan fingerprint density at radius 3 is 2.35 bits per heavy atom. The summed E-state index contributed by atoms with van der Waals surface area (Å²) in [6, 6.07) is 6.74. The van der Waals surface area contributed by atoms with Gasteiger partial charge in [0.15, 0.2) is 0 Å². The molecule has 0 fully saturated rings. The smallest absolute Gasteiger partial charge is 0.119 e. The zero-order valence-electron chi connectivity index (χ0n) is 13.2. The number of ether oxygens (including phenoxy) is 1. The van der Waals surface area contributed by atoms with Gasteiger partial charge in [0, 0.05) is 10.5 Å². The first-order valence-electron chi connectivity index (χ1n) is 7.65. The Morgan fingerprint density at radius 1 is 1.20 bits per heavy atom. The Hall–Kier alpha value is -0.540. The lowest BCUT2D eigenvalue weighted by atomic mass is 9.87. The molecule has 0 bridgehead atoms. The zero-order chi connectivity index (χ0) is 15.0. The summed E-state index contributed by atoms with van der Waals surface area (Å²) >= 11 is 3.66. The van der Waals surface area contributed by atoms with Crippen molar-refractivity contribution in [2.45, 2.75) is 52.0 Å². The lowest BCUT2D eigenvalue weighted by Gasteiger charge is -2.27. The van der Waals surface area contributed by atoms with Gasteiger partial charge in [-0.3, -0.25) is 0 Å². The zero-order valence-corrected chi connectivity index (χ0v) is 14.8. The van der Waals surface area contributed by atoms with Gasteiger partial charge in [-0.25, -0.2) is 0 Å². The molecule has 0 amide bonds. The number of likely N-dealkylation sites (N-methyl/N-ethyl adjacent to an activating group) is 1. The quantitative estimate of drug-likeness (QED) is 0.696. The maximum atomic E-state index is 5.34. The van der Waals surface area contributed by atoms with Gasteiger partial charge in [-0.1, -0.05) is 42.6 Å². The third-order valence-corrected chi connectivity index (χ3v) is 4.73. The van der Waals surface area contributed by atoms with Gasteiger partial charge in [-0.2, -0.15) is 0 Å². The predicted molar refractivity (Wildman–Crippen MR) is 90.6 cm³/mol. The third kappa shape index (κ3) is 5.10. The Kier molecular flexibility index (Phi) is 8.24. The topological polar surface area (TPSA) is 21.3 Å². The minimum atomic E-state index is 0.526. The van der Waals surface area contributed by atoms with E-state index in [1.165, 1.54) is 35.7 Å². The van der Waals surface area contributed by atoms with Gasteiger partial charge < -0.3 is 10.1 Å². The molecule has 1 aromatic carbocycles. The van der Waals surface area contributed by atoms with E-state index in [2.05, 4.69) is 54.3 Å². The highest BCUT2D eigenvalue weighted by Gasteiger charge is 2.20. The highest BCUT2D eigenvalue weighted by atomic mass is 79.9. The van der Waals surface area contributed by atoms with Crippen molar-refractivity contribution >= 4 is 15.9 Å². The summed E-state index contributed by atoms with van der Waals surface area (Å²) in [6.45, 7) is 4.55. The Labute approximate surface area is 132 Å². The van der Waals surface area contributed by atoms with Crippen LogP contribution >= 0.6 is 15.9 Å². The van der Waals surface area contributed by atoms with Gasteiger partial charge in [-0.15, -0.1) is 0 Å². The van der Waals surface area contributed by atoms with Crippen molar-refractivity contribution in [3.05, 3.63) is 28.2 Å². The van der Waals surface area contributed by atoms with Crippen LogP contribution in [0.4, 0.5) is 0 Å². The van der Waals surface area contributed by atoms with Crippen LogP contribution in [0.25, 0.3) is 0 Å². The van der Waals surface area contributed by atoms with Crippen molar-refractivity contribution in [1.29, 1.82) is 0 Å². The van der Waals surface area contributed by atoms with Crippen LogP contribution in [0.3, 0.4) is 0 Å². The number of halogens is 1. The van der Waals surface area contributed by atoms with Crippen LogP contribution in [0, 0.1) is 5.92 Å². The number of hydrogen-bond donors (Lipinski definition) is 1. The molecule has 0 aliphatic heterocycles. The molecule has 1 atom stereocenters. The van der Waals surface area contributed by atoms with Crippen molar-refractivity contribution in [3.8, 4) is 5.75 Å². The number of benzene rings is 1. The molecule has 0 saturated heterocycles. The average Bonchev–Trinajstić information content (AvgIpc) is 2.46. The Balaban J connectivity index is 2.85. The van der Waals surface area contributed by atoms with Crippen molar-refractivity contribution in [2.24, 2.45) is 5.92 Å². The van der Waals surface area contributed by atoms with Crippen molar-refractivity contribution in [1.82, 2.24) is 5.32 Å². The molecule has 0 aliphatic carbocycles. The molecule has 1 aromatic rings. The summed E-state index contributed by atoms with van der Waals surface area (Å²) in [6.07, 6.45) is 6.13. The second-order valence-corrected chi connectivity index (χ2v) is 6.25. The predicted octanol–water partition coefficient (Wildman–Crippen LogP) is 4.80. The third-order valence-electron chi connectivity index (χ3n) is 3.95. The Bertz CT molecular complexity index is 389. The van der Waals surface area contributed by atoms with E-state index in [1.54, 1.807) is 7.11 Å². The van der Waals surface area contributed by atoms with Crippen molar-refractivity contribution in [3.63, 3.8) is 0 Å². The molecule has 1 rings (SSSR count). The van der Waals surface area contributed by atoms with E-state index in [1.807, 2.05) is 6.07 Å². The van der Waals surface area contributed by atoms with Gasteiger partial charge in [0.05, 0.1) is 7.11 Å². The second-order valence-electron chi connectivity index (χ2n) is 5.39. The monoisotopic (exact) mass is 341 g/mol. The molecule has 0 radical (unpaired) electrons. The fourth-order valence-corrected chi connectivity index (χ4v) is 3.27. The summed E-state index contributed by atoms with van der Waals surface area (Å²) in [5.41, 5.74) is 1.32. The van der Waals surface area contributed by atoms with Gasteiger partial charge in [0.1, 0.15) is 5.75 Å². The maximum absolute atomic E-state index is 5.34. The van der Waals surface area contributed by atoms with Crippen LogP contribution in [0.15, 0.2) is 22.7 Å². The van der Waals surface area contributed by atoms with E-state index in [4.69, 9.17) is 4.74 Å². The van der Waals surface area contributed by atoms with Gasteiger partial charge >= 0.3 is 0 Å². The molecule has 0 aromatic heterocycles. The second kappa shape index (κ2) is 9.41. The minimum absolute atomic E-state index is 0.526. The molecule has 20 heavy (non-hydrogen) atoms. The Morgan fingerprint density at radius 2 is 1.85 bits per heavy atom. The molecule has 0 heterocycles. The molecule has 0 saturated carbocycles. The van der Waals surface area contributed by atoms with E-state index in [0.717, 1.165) is 18.1 Å². The lowest BCUT2D eigenvalue weighted by Crippen LogP contribution is -2.35. The highest BCUT2D eigenvalue weighted by Crippen LogP contribution is 2.27. The number of rotatable bonds is 9. The van der Waals surface area contributed by atoms with Crippen LogP contribution in [0.2, 0.25) is 0 Å². The van der Waals surface area contributed by atoms with Crippen molar-refractivity contribution < 1.29 is 4.74 Å². The van der Waals surface area contributed by atoms with Gasteiger partial charge in [0.2, 0.25) is 0 Å². The molecule has 1 unspecified atom stereocenters. The SMILES string of the molecule is CCCC(CCC)C(Cc1cc(OC)ccc1Br)NC. The summed E-state index contributed by atoms with van der Waals surface area (Å²) in [5, 5.41) is 3.52. The van der Waals surface area contributed by atoms with Gasteiger partial charge in [0.25, 0.3) is 0 Å². The standard InChI is InChI=1S/C17H28BrNO/c1-5-7-13(8-6-2)17(19-3)12-14-11-15(20-4)9-10-16(14)18/h9-11,13,17,19H,5-8,12H2,1-4H3. The van der Waals surface area contributed by atoms with E-state index >= 15 is 0 Å². The maximum Gasteiger partial charge on any atom is 0.119 e. The van der Waals surface area contributed by atoms with Crippen LogP contribution < -0.4 is 10.1 Å². The van der Waals surface area contributed by atoms with Crippen LogP contribution in [0.5, 0.6) is 5.75 Å². The van der Waals surface area contributed by atoms with E-state index in [9.17, 15) is 0 Å². The van der Waals surface area contributed by atoms with E-state index in [-0.39, 0.29) is 0 Å². The van der Waals surface area contributed by atoms with Crippen LogP contribution in [-0.4, -0.2) is 20.2 Å². The van der Waals surface area contributed by atoms with Crippen molar-refractivity contribution in [2.75, 3.05) is 14.2 Å². The van der Waals surface area contributed by atoms with E-state index in [0.29, 0.717) is 6.04 Å². The summed E-state index contributed by atoms with van der Waals surface area (Å²) in [4.78, 5) is 0. The molecular weight excluding hydrogens is 314 g/mol.